The fraction of sp³-hybridized carbons (Fsp3) is 0.400. The molecule has 10 nitrogen and oxygen atoms in total. The van der Waals surface area contributed by atoms with Crippen LogP contribution in [0.1, 0.15) is 56.3 Å². The molecule has 3 aromatic rings. The molecule has 2 aliphatic rings. The first-order valence-electron chi connectivity index (χ1n) is 13.3. The van der Waals surface area contributed by atoms with Gasteiger partial charge in [-0.3, -0.25) is 19.8 Å². The Labute approximate surface area is 268 Å². The Morgan fingerprint density at radius 3 is 2.52 bits per heavy atom. The van der Waals surface area contributed by atoms with Crippen molar-refractivity contribution in [2.24, 2.45) is 5.92 Å². The number of ether oxygens (including phenoxy) is 2. The monoisotopic (exact) mass is 667 g/mol. The Morgan fingerprint density at radius 1 is 1.20 bits per heavy atom. The van der Waals surface area contributed by atoms with Crippen molar-refractivity contribution >= 4 is 35.3 Å². The van der Waals surface area contributed by atoms with E-state index in [1.54, 1.807) is 33.1 Å². The zero-order valence-electron chi connectivity index (χ0n) is 24.3. The number of rotatable bonds is 5. The molecule has 1 saturated carbocycles. The number of carbonyl (C=O) groups is 2. The fourth-order valence-corrected chi connectivity index (χ4v) is 4.34. The maximum Gasteiger partial charge on any atom is 2.00 e. The summed E-state index contributed by atoms with van der Waals surface area (Å²) in [6.45, 7) is 5.47. The minimum atomic E-state index is -2.82. The molecule has 0 bridgehead atoms. The van der Waals surface area contributed by atoms with Crippen molar-refractivity contribution in [1.29, 1.82) is 0 Å². The van der Waals surface area contributed by atoms with E-state index < -0.39 is 23.8 Å². The summed E-state index contributed by atoms with van der Waals surface area (Å²) in [5.41, 5.74) is 2.54. The van der Waals surface area contributed by atoms with Crippen molar-refractivity contribution < 1.29 is 49.1 Å². The molecule has 1 aromatic carbocycles. The molecule has 1 saturated heterocycles. The molecular formula is C30H29F2N5NiO5S. The van der Waals surface area contributed by atoms with Crippen molar-refractivity contribution in [3.05, 3.63) is 52.2 Å². The molecule has 2 aromatic heterocycles. The smallest absolute Gasteiger partial charge is 0.496 e. The van der Waals surface area contributed by atoms with Crippen LogP contribution in [0, 0.1) is 23.3 Å². The molecule has 1 aliphatic heterocycles. The van der Waals surface area contributed by atoms with Crippen LogP contribution in [-0.2, 0) is 30.8 Å². The van der Waals surface area contributed by atoms with Gasteiger partial charge >= 0.3 is 22.6 Å². The van der Waals surface area contributed by atoms with Crippen molar-refractivity contribution in [2.75, 3.05) is 31.6 Å². The van der Waals surface area contributed by atoms with Crippen LogP contribution in [0.4, 0.5) is 19.3 Å². The zero-order valence-corrected chi connectivity index (χ0v) is 26.1. The van der Waals surface area contributed by atoms with Crippen LogP contribution in [-0.4, -0.2) is 70.7 Å². The van der Waals surface area contributed by atoms with E-state index in [9.17, 15) is 23.2 Å². The van der Waals surface area contributed by atoms with Crippen molar-refractivity contribution in [1.82, 2.24) is 20.1 Å². The Bertz CT molecular complexity index is 1530. The quantitative estimate of drug-likeness (QED) is 0.216. The Hall–Kier alpha value is -3.95. The van der Waals surface area contributed by atoms with Gasteiger partial charge in [0.2, 0.25) is 5.91 Å². The van der Waals surface area contributed by atoms with Crippen molar-refractivity contribution in [2.45, 2.75) is 45.6 Å². The van der Waals surface area contributed by atoms with Gasteiger partial charge in [-0.05, 0) is 45.2 Å². The SMILES string of the molecule is C(#CC1CC1)c1nn[c-]s1.COc1cnc(C(F)F)cc1-c1cc(N2CCN(C(=O)OC(C)(C)C)CC2=O)ccc1[C-]=O.[Ni+2]. The average molecular weight is 668 g/mol. The van der Waals surface area contributed by atoms with Crippen molar-refractivity contribution in [3.63, 3.8) is 0 Å². The van der Waals surface area contributed by atoms with E-state index in [4.69, 9.17) is 9.47 Å². The van der Waals surface area contributed by atoms with Crippen LogP contribution in [0.5, 0.6) is 5.75 Å². The zero-order chi connectivity index (χ0) is 31.1. The van der Waals surface area contributed by atoms with E-state index >= 15 is 0 Å². The Kier molecular flexibility index (Phi) is 11.9. The van der Waals surface area contributed by atoms with Gasteiger partial charge in [-0.1, -0.05) is 17.6 Å². The molecule has 44 heavy (non-hydrogen) atoms. The number of halogens is 2. The first kappa shape index (κ1) is 34.5. The first-order chi connectivity index (χ1) is 20.5. The average Bonchev–Trinajstić information content (AvgIpc) is 3.66. The third-order valence-corrected chi connectivity index (χ3v) is 6.75. The predicted molar refractivity (Wildman–Crippen MR) is 154 cm³/mol. The standard InChI is InChI=1S/C23H24F2N3O5.C7H5N2S.Ni/c1-23(2,3)33-22(31)27-7-8-28(20(30)12-27)15-6-5-14(13-29)16(9-15)17-10-18(21(24)25)26-11-19(17)32-4;1-2-6(1)3-4-7-9-8-5-10-7;/h5-6,9-11,21H,7-8,12H2,1-4H3;6H,1-2H2;/q2*-1;+2. The third kappa shape index (κ3) is 9.27. The van der Waals surface area contributed by atoms with Crippen LogP contribution in [0.2, 0.25) is 0 Å². The molecule has 3 heterocycles. The Morgan fingerprint density at radius 2 is 1.95 bits per heavy atom. The minimum absolute atomic E-state index is 0. The van der Waals surface area contributed by atoms with E-state index in [1.807, 2.05) is 0 Å². The number of hydrogen-bond acceptors (Lipinski definition) is 9. The normalized spacial score (nSPS) is 14.5. The number of aromatic nitrogens is 3. The van der Waals surface area contributed by atoms with E-state index in [0.717, 1.165) is 17.3 Å². The molecule has 0 radical (unpaired) electrons. The number of anilines is 1. The van der Waals surface area contributed by atoms with Crippen LogP contribution in [0.25, 0.3) is 11.1 Å². The molecule has 0 unspecified atom stereocenters. The minimum Gasteiger partial charge on any atom is -0.496 e. The summed E-state index contributed by atoms with van der Waals surface area (Å²) in [5.74, 6) is 6.53. The van der Waals surface area contributed by atoms with E-state index in [0.29, 0.717) is 11.6 Å². The number of methoxy groups -OCH3 is 1. The topological polar surface area (TPSA) is 115 Å². The predicted octanol–water partition coefficient (Wildman–Crippen LogP) is 4.83. The summed E-state index contributed by atoms with van der Waals surface area (Å²) < 4.78 is 37.0. The second kappa shape index (κ2) is 15.2. The van der Waals surface area contributed by atoms with Gasteiger partial charge in [0, 0.05) is 29.7 Å². The van der Waals surface area contributed by atoms with E-state index in [2.05, 4.69) is 32.5 Å². The molecule has 0 atom stereocenters. The molecule has 2 fully saturated rings. The van der Waals surface area contributed by atoms with Crippen LogP contribution < -0.4 is 9.64 Å². The van der Waals surface area contributed by atoms with Gasteiger partial charge in [-0.15, -0.1) is 23.0 Å². The molecule has 0 N–H and O–H groups in total. The summed E-state index contributed by atoms with van der Waals surface area (Å²) in [4.78, 5) is 43.1. The molecule has 234 valence electrons. The van der Waals surface area contributed by atoms with Gasteiger partial charge in [-0.2, -0.15) is 6.07 Å². The second-order valence-corrected chi connectivity index (χ2v) is 11.4. The third-order valence-electron chi connectivity index (χ3n) is 6.20. The summed E-state index contributed by atoms with van der Waals surface area (Å²) in [6, 6.07) is 5.69. The number of pyridine rings is 1. The summed E-state index contributed by atoms with van der Waals surface area (Å²) in [5, 5.41) is 8.10. The van der Waals surface area contributed by atoms with Crippen LogP contribution >= 0.6 is 11.3 Å². The van der Waals surface area contributed by atoms with Crippen LogP contribution in [0.15, 0.2) is 30.5 Å². The van der Waals surface area contributed by atoms with Gasteiger partial charge in [-0.25, -0.2) is 18.7 Å². The van der Waals surface area contributed by atoms with Gasteiger partial charge in [0.25, 0.3) is 6.43 Å². The molecule has 0 spiro atoms. The number of hydrogen-bond donors (Lipinski definition) is 0. The number of piperazine rings is 1. The van der Waals surface area contributed by atoms with E-state index in [-0.39, 0.29) is 64.5 Å². The maximum atomic E-state index is 13.2. The van der Waals surface area contributed by atoms with Crippen molar-refractivity contribution in [3.8, 4) is 28.7 Å². The van der Waals surface area contributed by atoms with Gasteiger partial charge < -0.3 is 30.5 Å². The number of carbonyl (C=O) groups excluding carboxylic acids is 3. The number of nitrogens with zero attached hydrogens (tertiary/aromatic N) is 5. The van der Waals surface area contributed by atoms with Gasteiger partial charge in [0.05, 0.1) is 19.6 Å². The molecule has 5 rings (SSSR count). The number of alkyl halides is 2. The van der Waals surface area contributed by atoms with Gasteiger partial charge in [0.15, 0.2) is 0 Å². The van der Waals surface area contributed by atoms with E-state index in [1.165, 1.54) is 53.2 Å². The summed E-state index contributed by atoms with van der Waals surface area (Å²) in [6.07, 6.45) is 2.07. The number of amides is 2. The first-order valence-corrected chi connectivity index (χ1v) is 14.1. The summed E-state index contributed by atoms with van der Waals surface area (Å²) >= 11 is 1.37. The van der Waals surface area contributed by atoms with Gasteiger partial charge in [0.1, 0.15) is 23.6 Å². The Balaban J connectivity index is 0.000000403. The molecule has 14 heteroatoms. The fourth-order valence-electron chi connectivity index (χ4n) is 3.98. The molecular weight excluding hydrogens is 639 g/mol. The molecule has 2 amide bonds. The number of benzene rings is 1. The molecule has 1 aliphatic carbocycles. The second-order valence-electron chi connectivity index (χ2n) is 10.6. The maximum absolute atomic E-state index is 13.2. The summed E-state index contributed by atoms with van der Waals surface area (Å²) in [7, 11) is 1.36. The van der Waals surface area contributed by atoms with Crippen LogP contribution in [0.3, 0.4) is 0 Å². The largest absolute Gasteiger partial charge is 2.00 e.